The predicted octanol–water partition coefficient (Wildman–Crippen LogP) is 4.20. The molecular formula is C17H17NO2. The van der Waals surface area contributed by atoms with Crippen LogP contribution in [0.4, 0.5) is 0 Å². The number of fused-ring (bicyclic) bond motifs is 3. The molecule has 0 bridgehead atoms. The quantitative estimate of drug-likeness (QED) is 0.490. The van der Waals surface area contributed by atoms with Gasteiger partial charge in [0.25, 0.3) is 0 Å². The van der Waals surface area contributed by atoms with Gasteiger partial charge in [0.15, 0.2) is 0 Å². The number of esters is 1. The zero-order valence-electron chi connectivity index (χ0n) is 11.9. The highest BCUT2D eigenvalue weighted by molar-refractivity contribution is 6.08. The van der Waals surface area contributed by atoms with E-state index in [0.717, 1.165) is 21.5 Å². The van der Waals surface area contributed by atoms with E-state index in [9.17, 15) is 4.79 Å². The van der Waals surface area contributed by atoms with E-state index in [1.165, 1.54) is 7.11 Å². The molecule has 0 unspecified atom stereocenters. The number of pyridine rings is 1. The van der Waals surface area contributed by atoms with Gasteiger partial charge in [-0.15, -0.1) is 0 Å². The van der Waals surface area contributed by atoms with Crippen LogP contribution >= 0.6 is 0 Å². The summed E-state index contributed by atoms with van der Waals surface area (Å²) in [6, 6.07) is 11.6. The lowest BCUT2D eigenvalue weighted by Crippen LogP contribution is -2.00. The largest absolute Gasteiger partial charge is 0.465 e. The van der Waals surface area contributed by atoms with Crippen LogP contribution in [0.25, 0.3) is 21.5 Å². The summed E-state index contributed by atoms with van der Waals surface area (Å²) in [6.07, 6.45) is 3.62. The van der Waals surface area contributed by atoms with Gasteiger partial charge in [-0.3, -0.25) is 4.98 Å². The molecule has 102 valence electrons. The lowest BCUT2D eigenvalue weighted by molar-refractivity contribution is 0.0601. The smallest absolute Gasteiger partial charge is 0.337 e. The first-order chi connectivity index (χ1) is 9.79. The standard InChI is InChI=1S/C15H11NO2.C2H6/c1-18-15(17)12-4-5-13-11(8-12)3-2-10-6-7-16-9-14(10)13;1-2/h2-9H,1H3;1-2H3. The van der Waals surface area contributed by atoms with Crippen LogP contribution in [0, 0.1) is 0 Å². The maximum atomic E-state index is 11.5. The van der Waals surface area contributed by atoms with Gasteiger partial charge < -0.3 is 4.74 Å². The van der Waals surface area contributed by atoms with Gasteiger partial charge in [-0.25, -0.2) is 4.79 Å². The number of hydrogen-bond acceptors (Lipinski definition) is 3. The lowest BCUT2D eigenvalue weighted by Gasteiger charge is -2.05. The molecule has 1 heterocycles. The van der Waals surface area contributed by atoms with Gasteiger partial charge in [0, 0.05) is 17.8 Å². The van der Waals surface area contributed by atoms with Crippen molar-refractivity contribution in [3.8, 4) is 0 Å². The Labute approximate surface area is 118 Å². The van der Waals surface area contributed by atoms with Crippen LogP contribution in [0.1, 0.15) is 24.2 Å². The Kier molecular flexibility index (Phi) is 4.31. The van der Waals surface area contributed by atoms with Crippen molar-refractivity contribution in [2.24, 2.45) is 0 Å². The number of nitrogens with zero attached hydrogens (tertiary/aromatic N) is 1. The van der Waals surface area contributed by atoms with Crippen molar-refractivity contribution in [2.75, 3.05) is 7.11 Å². The zero-order chi connectivity index (χ0) is 14.5. The molecule has 0 spiro atoms. The SMILES string of the molecule is CC.COC(=O)c1ccc2c(ccc3ccncc32)c1. The number of benzene rings is 2. The van der Waals surface area contributed by atoms with Crippen molar-refractivity contribution < 1.29 is 9.53 Å². The highest BCUT2D eigenvalue weighted by Gasteiger charge is 2.07. The molecule has 3 heteroatoms. The molecule has 3 rings (SSSR count). The number of methoxy groups -OCH3 is 1. The average Bonchev–Trinajstić information content (AvgIpc) is 2.55. The first kappa shape index (κ1) is 14.0. The molecule has 2 aromatic carbocycles. The lowest BCUT2D eigenvalue weighted by atomic mass is 10.0. The van der Waals surface area contributed by atoms with E-state index in [4.69, 9.17) is 4.74 Å². The predicted molar refractivity (Wildman–Crippen MR) is 81.9 cm³/mol. The molecule has 0 amide bonds. The Hall–Kier alpha value is -2.42. The molecule has 1 aromatic heterocycles. The highest BCUT2D eigenvalue weighted by Crippen LogP contribution is 2.25. The monoisotopic (exact) mass is 267 g/mol. The van der Waals surface area contributed by atoms with Crippen LogP contribution in [0.5, 0.6) is 0 Å². The fraction of sp³-hybridized carbons (Fsp3) is 0.176. The number of hydrogen-bond donors (Lipinski definition) is 0. The zero-order valence-corrected chi connectivity index (χ0v) is 11.9. The molecule has 3 aromatic rings. The van der Waals surface area contributed by atoms with Crippen molar-refractivity contribution in [1.29, 1.82) is 0 Å². The van der Waals surface area contributed by atoms with Crippen molar-refractivity contribution in [2.45, 2.75) is 13.8 Å². The molecule has 0 aliphatic rings. The van der Waals surface area contributed by atoms with E-state index in [0.29, 0.717) is 5.56 Å². The second-order valence-electron chi connectivity index (χ2n) is 4.09. The maximum Gasteiger partial charge on any atom is 0.337 e. The normalized spacial score (nSPS) is 9.95. The minimum absolute atomic E-state index is 0.316. The van der Waals surface area contributed by atoms with E-state index >= 15 is 0 Å². The topological polar surface area (TPSA) is 39.2 Å². The minimum Gasteiger partial charge on any atom is -0.465 e. The third-order valence-electron chi connectivity index (χ3n) is 3.06. The fourth-order valence-corrected chi connectivity index (χ4v) is 2.15. The van der Waals surface area contributed by atoms with E-state index in [-0.39, 0.29) is 5.97 Å². The van der Waals surface area contributed by atoms with Crippen LogP contribution in [0.3, 0.4) is 0 Å². The molecule has 3 nitrogen and oxygen atoms in total. The number of carbonyl (C=O) groups is 1. The van der Waals surface area contributed by atoms with E-state index < -0.39 is 0 Å². The summed E-state index contributed by atoms with van der Waals surface area (Å²) >= 11 is 0. The third kappa shape index (κ3) is 2.48. The second kappa shape index (κ2) is 6.15. The Morgan fingerprint density at radius 1 is 1.00 bits per heavy atom. The van der Waals surface area contributed by atoms with Crippen LogP contribution in [-0.4, -0.2) is 18.1 Å². The van der Waals surface area contributed by atoms with E-state index in [1.54, 1.807) is 12.3 Å². The molecule has 0 fully saturated rings. The maximum absolute atomic E-state index is 11.5. The summed E-state index contributed by atoms with van der Waals surface area (Å²) in [4.78, 5) is 15.6. The van der Waals surface area contributed by atoms with Crippen molar-refractivity contribution in [1.82, 2.24) is 4.98 Å². The second-order valence-corrected chi connectivity index (χ2v) is 4.09. The Morgan fingerprint density at radius 3 is 2.50 bits per heavy atom. The van der Waals surface area contributed by atoms with Gasteiger partial charge in [-0.2, -0.15) is 0 Å². The average molecular weight is 267 g/mol. The molecule has 0 aliphatic heterocycles. The summed E-state index contributed by atoms with van der Waals surface area (Å²) in [6.45, 7) is 4.00. The van der Waals surface area contributed by atoms with Gasteiger partial charge in [0.05, 0.1) is 12.7 Å². The fourth-order valence-electron chi connectivity index (χ4n) is 2.15. The molecule has 0 radical (unpaired) electrons. The van der Waals surface area contributed by atoms with Gasteiger partial charge in [-0.1, -0.05) is 32.0 Å². The summed E-state index contributed by atoms with van der Waals surface area (Å²) < 4.78 is 4.72. The summed E-state index contributed by atoms with van der Waals surface area (Å²) in [5, 5.41) is 4.33. The number of ether oxygens (including phenoxy) is 1. The van der Waals surface area contributed by atoms with Crippen molar-refractivity contribution in [3.63, 3.8) is 0 Å². The van der Waals surface area contributed by atoms with Crippen molar-refractivity contribution >= 4 is 27.5 Å². The Bertz CT molecular complexity index is 750. The van der Waals surface area contributed by atoms with Crippen LogP contribution in [0.15, 0.2) is 48.8 Å². The van der Waals surface area contributed by atoms with Gasteiger partial charge in [0.1, 0.15) is 0 Å². The summed E-state index contributed by atoms with van der Waals surface area (Å²) in [5.41, 5.74) is 0.563. The number of rotatable bonds is 1. The molecule has 0 saturated carbocycles. The Balaban J connectivity index is 0.000000704. The van der Waals surface area contributed by atoms with Gasteiger partial charge in [-0.05, 0) is 34.4 Å². The summed E-state index contributed by atoms with van der Waals surface area (Å²) in [5.74, 6) is -0.316. The minimum atomic E-state index is -0.316. The first-order valence-corrected chi connectivity index (χ1v) is 6.64. The van der Waals surface area contributed by atoms with Crippen LogP contribution in [0.2, 0.25) is 0 Å². The number of aromatic nitrogens is 1. The first-order valence-electron chi connectivity index (χ1n) is 6.64. The van der Waals surface area contributed by atoms with Crippen LogP contribution < -0.4 is 0 Å². The molecule has 0 aliphatic carbocycles. The molecule has 0 saturated heterocycles. The van der Waals surface area contributed by atoms with Gasteiger partial charge >= 0.3 is 5.97 Å². The number of carbonyl (C=O) groups excluding carboxylic acids is 1. The highest BCUT2D eigenvalue weighted by atomic mass is 16.5. The Morgan fingerprint density at radius 2 is 1.75 bits per heavy atom. The van der Waals surface area contributed by atoms with Gasteiger partial charge in [0.2, 0.25) is 0 Å². The van der Waals surface area contributed by atoms with Crippen molar-refractivity contribution in [3.05, 3.63) is 54.4 Å². The molecule has 0 atom stereocenters. The van der Waals surface area contributed by atoms with E-state index in [1.807, 2.05) is 50.4 Å². The summed E-state index contributed by atoms with van der Waals surface area (Å²) in [7, 11) is 1.39. The molecular weight excluding hydrogens is 250 g/mol. The van der Waals surface area contributed by atoms with Crippen LogP contribution in [-0.2, 0) is 4.74 Å². The molecule has 0 N–H and O–H groups in total. The third-order valence-corrected chi connectivity index (χ3v) is 3.06. The molecule has 20 heavy (non-hydrogen) atoms. The van der Waals surface area contributed by atoms with E-state index in [2.05, 4.69) is 4.98 Å².